The lowest BCUT2D eigenvalue weighted by Gasteiger charge is -2.26. The number of rotatable bonds is 7. The number of nitrogens with one attached hydrogen (secondary N) is 1. The van der Waals surface area contributed by atoms with E-state index in [1.54, 1.807) is 0 Å². The van der Waals surface area contributed by atoms with Crippen LogP contribution in [0.3, 0.4) is 0 Å². The summed E-state index contributed by atoms with van der Waals surface area (Å²) in [4.78, 5) is 24.7. The predicted molar refractivity (Wildman–Crippen MR) is 115 cm³/mol. The van der Waals surface area contributed by atoms with Gasteiger partial charge in [-0.2, -0.15) is 4.31 Å². The molecule has 1 saturated heterocycles. The molecule has 1 fully saturated rings. The average molecular weight is 447 g/mol. The lowest BCUT2D eigenvalue weighted by molar-refractivity contribution is -0.119. The van der Waals surface area contributed by atoms with Gasteiger partial charge in [0, 0.05) is 18.8 Å². The number of carbonyl (C=O) groups excluding carboxylic acids is 2. The summed E-state index contributed by atoms with van der Waals surface area (Å²) in [6.45, 7) is 4.58. The number of morpholine rings is 1. The summed E-state index contributed by atoms with van der Waals surface area (Å²) in [6, 6.07) is 11.4. The van der Waals surface area contributed by atoms with E-state index in [2.05, 4.69) is 5.32 Å². The molecule has 1 aliphatic heterocycles. The Labute approximate surface area is 182 Å². The highest BCUT2D eigenvalue weighted by molar-refractivity contribution is 7.89. The Morgan fingerprint density at radius 3 is 2.55 bits per heavy atom. The molecule has 0 aliphatic carbocycles. The largest absolute Gasteiger partial charge is 0.452 e. The molecule has 0 spiro atoms. The maximum atomic E-state index is 12.8. The Morgan fingerprint density at radius 1 is 1.13 bits per heavy atom. The first-order valence-corrected chi connectivity index (χ1v) is 11.5. The zero-order valence-electron chi connectivity index (χ0n) is 17.6. The molecule has 1 N–H and O–H groups in total. The molecular formula is C22H26N2O6S. The van der Waals surface area contributed by atoms with E-state index < -0.39 is 28.5 Å². The molecule has 2 aromatic carbocycles. The Balaban J connectivity index is 1.65. The number of anilines is 1. The van der Waals surface area contributed by atoms with Gasteiger partial charge in [-0.1, -0.05) is 31.2 Å². The summed E-state index contributed by atoms with van der Waals surface area (Å²) in [6.07, 6.45) is 0.751. The van der Waals surface area contributed by atoms with Crippen LogP contribution in [0.5, 0.6) is 0 Å². The van der Waals surface area contributed by atoms with Crippen LogP contribution in [0.4, 0.5) is 5.69 Å². The number of para-hydroxylation sites is 1. The smallest absolute Gasteiger partial charge is 0.338 e. The summed E-state index contributed by atoms with van der Waals surface area (Å²) in [5.74, 6) is -1.23. The molecule has 0 saturated carbocycles. The van der Waals surface area contributed by atoms with E-state index >= 15 is 0 Å². The standard InChI is InChI=1S/C22H26N2O6S/c1-3-17-7-4-6-16(2)21(17)23-20(25)15-30-22(26)18-8-5-9-19(14-18)31(27,28)24-10-12-29-13-11-24/h4-9,14H,3,10-13,15H2,1-2H3,(H,23,25). The minimum absolute atomic E-state index is 0.000740. The third-order valence-corrected chi connectivity index (χ3v) is 6.91. The molecule has 8 nitrogen and oxygen atoms in total. The van der Waals surface area contributed by atoms with Crippen LogP contribution in [0.2, 0.25) is 0 Å². The van der Waals surface area contributed by atoms with Crippen molar-refractivity contribution in [3.63, 3.8) is 0 Å². The zero-order valence-corrected chi connectivity index (χ0v) is 18.4. The number of amides is 1. The van der Waals surface area contributed by atoms with Gasteiger partial charge in [-0.15, -0.1) is 0 Å². The first-order valence-electron chi connectivity index (χ1n) is 10.1. The van der Waals surface area contributed by atoms with Gasteiger partial charge in [0.25, 0.3) is 5.91 Å². The van der Waals surface area contributed by atoms with Crippen molar-refractivity contribution >= 4 is 27.6 Å². The SMILES string of the molecule is CCc1cccc(C)c1NC(=O)COC(=O)c1cccc(S(=O)(=O)N2CCOCC2)c1. The molecule has 9 heteroatoms. The van der Waals surface area contributed by atoms with Crippen molar-refractivity contribution in [1.29, 1.82) is 0 Å². The monoisotopic (exact) mass is 446 g/mol. The van der Waals surface area contributed by atoms with E-state index in [1.165, 1.54) is 28.6 Å². The van der Waals surface area contributed by atoms with Crippen LogP contribution < -0.4 is 5.32 Å². The quantitative estimate of drug-likeness (QED) is 0.655. The maximum absolute atomic E-state index is 12.8. The third kappa shape index (κ3) is 5.49. The number of ether oxygens (including phenoxy) is 2. The second-order valence-corrected chi connectivity index (χ2v) is 9.07. The first kappa shape index (κ1) is 22.9. The summed E-state index contributed by atoms with van der Waals surface area (Å²) in [5.41, 5.74) is 2.68. The van der Waals surface area contributed by atoms with Gasteiger partial charge in [-0.25, -0.2) is 13.2 Å². The first-order chi connectivity index (χ1) is 14.8. The van der Waals surface area contributed by atoms with Gasteiger partial charge in [0.15, 0.2) is 6.61 Å². The topological polar surface area (TPSA) is 102 Å². The van der Waals surface area contributed by atoms with Gasteiger partial charge in [0.1, 0.15) is 0 Å². The Hall–Kier alpha value is -2.75. The summed E-state index contributed by atoms with van der Waals surface area (Å²) < 4.78 is 37.2. The van der Waals surface area contributed by atoms with E-state index in [0.717, 1.165) is 17.5 Å². The molecule has 0 radical (unpaired) electrons. The minimum atomic E-state index is -3.74. The predicted octanol–water partition coefficient (Wildman–Crippen LogP) is 2.37. The number of aryl methyl sites for hydroxylation is 2. The number of hydrogen-bond donors (Lipinski definition) is 1. The zero-order chi connectivity index (χ0) is 22.4. The minimum Gasteiger partial charge on any atom is -0.452 e. The van der Waals surface area contributed by atoms with Crippen molar-refractivity contribution < 1.29 is 27.5 Å². The number of carbonyl (C=O) groups is 2. The number of esters is 1. The van der Waals surface area contributed by atoms with Crippen molar-refractivity contribution in [2.45, 2.75) is 25.2 Å². The summed E-state index contributed by atoms with van der Waals surface area (Å²) in [5, 5.41) is 2.78. The molecule has 0 aromatic heterocycles. The number of benzene rings is 2. The third-order valence-electron chi connectivity index (χ3n) is 5.02. The van der Waals surface area contributed by atoms with E-state index in [0.29, 0.717) is 18.9 Å². The highest BCUT2D eigenvalue weighted by Gasteiger charge is 2.27. The van der Waals surface area contributed by atoms with Crippen LogP contribution in [0.25, 0.3) is 0 Å². The molecule has 0 unspecified atom stereocenters. The number of sulfonamides is 1. The summed E-state index contributed by atoms with van der Waals surface area (Å²) >= 11 is 0. The molecule has 0 atom stereocenters. The van der Waals surface area contributed by atoms with Gasteiger partial charge in [-0.3, -0.25) is 4.79 Å². The highest BCUT2D eigenvalue weighted by atomic mass is 32.2. The van der Waals surface area contributed by atoms with Crippen molar-refractivity contribution in [2.24, 2.45) is 0 Å². The Bertz CT molecular complexity index is 1060. The lowest BCUT2D eigenvalue weighted by Crippen LogP contribution is -2.40. The molecule has 1 heterocycles. The van der Waals surface area contributed by atoms with E-state index in [1.807, 2.05) is 32.0 Å². The average Bonchev–Trinajstić information content (AvgIpc) is 2.79. The van der Waals surface area contributed by atoms with Gasteiger partial charge in [0.2, 0.25) is 10.0 Å². The molecule has 3 rings (SSSR count). The number of nitrogens with zero attached hydrogens (tertiary/aromatic N) is 1. The maximum Gasteiger partial charge on any atom is 0.338 e. The molecule has 1 amide bonds. The van der Waals surface area contributed by atoms with Crippen molar-refractivity contribution in [3.05, 3.63) is 59.2 Å². The van der Waals surface area contributed by atoms with Gasteiger partial charge >= 0.3 is 5.97 Å². The number of hydrogen-bond acceptors (Lipinski definition) is 6. The van der Waals surface area contributed by atoms with E-state index in [-0.39, 0.29) is 23.5 Å². The Morgan fingerprint density at radius 2 is 1.84 bits per heavy atom. The van der Waals surface area contributed by atoms with Crippen LogP contribution in [0.1, 0.15) is 28.4 Å². The van der Waals surface area contributed by atoms with Crippen molar-refractivity contribution in [1.82, 2.24) is 4.31 Å². The van der Waals surface area contributed by atoms with Crippen LogP contribution in [-0.4, -0.2) is 57.5 Å². The van der Waals surface area contributed by atoms with E-state index in [4.69, 9.17) is 9.47 Å². The highest BCUT2D eigenvalue weighted by Crippen LogP contribution is 2.21. The Kier molecular flexibility index (Phi) is 7.42. The van der Waals surface area contributed by atoms with Gasteiger partial charge in [-0.05, 0) is 42.7 Å². The van der Waals surface area contributed by atoms with Crippen LogP contribution in [0, 0.1) is 6.92 Å². The van der Waals surface area contributed by atoms with Crippen LogP contribution in [0.15, 0.2) is 47.4 Å². The molecular weight excluding hydrogens is 420 g/mol. The summed E-state index contributed by atoms with van der Waals surface area (Å²) in [7, 11) is -3.74. The van der Waals surface area contributed by atoms with Gasteiger partial charge < -0.3 is 14.8 Å². The fraction of sp³-hybridized carbons (Fsp3) is 0.364. The second-order valence-electron chi connectivity index (χ2n) is 7.13. The second kappa shape index (κ2) is 10.0. The molecule has 2 aromatic rings. The van der Waals surface area contributed by atoms with Crippen LogP contribution >= 0.6 is 0 Å². The van der Waals surface area contributed by atoms with Gasteiger partial charge in [0.05, 0.1) is 23.7 Å². The molecule has 166 valence electrons. The molecule has 31 heavy (non-hydrogen) atoms. The fourth-order valence-electron chi connectivity index (χ4n) is 3.31. The van der Waals surface area contributed by atoms with Crippen molar-refractivity contribution in [3.8, 4) is 0 Å². The van der Waals surface area contributed by atoms with Crippen LogP contribution in [-0.2, 0) is 30.7 Å². The molecule has 0 bridgehead atoms. The fourth-order valence-corrected chi connectivity index (χ4v) is 4.77. The normalized spacial score (nSPS) is 14.8. The van der Waals surface area contributed by atoms with Crippen molar-refractivity contribution in [2.75, 3.05) is 38.2 Å². The lowest BCUT2D eigenvalue weighted by atomic mass is 10.1. The van der Waals surface area contributed by atoms with E-state index in [9.17, 15) is 18.0 Å². The molecule has 1 aliphatic rings.